The van der Waals surface area contributed by atoms with Crippen LogP contribution in [0.4, 0.5) is 0 Å². The molecule has 6 heteroatoms. The van der Waals surface area contributed by atoms with E-state index in [0.29, 0.717) is 5.02 Å². The fraction of sp³-hybridized carbons (Fsp3) is 0.240. The second kappa shape index (κ2) is 8.21. The Kier molecular flexibility index (Phi) is 5.40. The minimum Gasteiger partial charge on any atom is -0.491 e. The van der Waals surface area contributed by atoms with Gasteiger partial charge in [-0.1, -0.05) is 45.7 Å². The SMILES string of the molecule is CC(C)Oc1ccc(C2=NN3[C@H](C2)c2cc(Br)ccc2O[C@H]3c2ccccc2Cl)cc1. The van der Waals surface area contributed by atoms with E-state index in [4.69, 9.17) is 26.2 Å². The summed E-state index contributed by atoms with van der Waals surface area (Å²) in [6, 6.07) is 22.1. The number of hydrogen-bond acceptors (Lipinski definition) is 4. The summed E-state index contributed by atoms with van der Waals surface area (Å²) in [5.41, 5.74) is 4.14. The second-order valence-corrected chi connectivity index (χ2v) is 9.33. The van der Waals surface area contributed by atoms with Gasteiger partial charge in [0.05, 0.1) is 17.9 Å². The van der Waals surface area contributed by atoms with E-state index in [1.165, 1.54) is 0 Å². The number of nitrogens with zero attached hydrogens (tertiary/aromatic N) is 2. The zero-order valence-corrected chi connectivity index (χ0v) is 19.6. The third-order valence-corrected chi connectivity index (χ3v) is 6.32. The van der Waals surface area contributed by atoms with Crippen LogP contribution < -0.4 is 9.47 Å². The molecule has 2 heterocycles. The van der Waals surface area contributed by atoms with Crippen LogP contribution in [0.25, 0.3) is 0 Å². The normalized spacial score (nSPS) is 19.5. The van der Waals surface area contributed by atoms with E-state index < -0.39 is 0 Å². The Balaban J connectivity index is 1.54. The molecule has 0 bridgehead atoms. The van der Waals surface area contributed by atoms with Crippen LogP contribution >= 0.6 is 27.5 Å². The molecule has 0 amide bonds. The van der Waals surface area contributed by atoms with Crippen LogP contribution in [0, 0.1) is 0 Å². The molecule has 0 aliphatic carbocycles. The van der Waals surface area contributed by atoms with Gasteiger partial charge in [-0.2, -0.15) is 5.10 Å². The van der Waals surface area contributed by atoms with E-state index in [2.05, 4.69) is 34.1 Å². The van der Waals surface area contributed by atoms with Gasteiger partial charge in [-0.05, 0) is 67.9 Å². The van der Waals surface area contributed by atoms with Gasteiger partial charge in [-0.25, -0.2) is 5.01 Å². The molecule has 3 aromatic rings. The first kappa shape index (κ1) is 20.4. The summed E-state index contributed by atoms with van der Waals surface area (Å²) >= 11 is 10.1. The topological polar surface area (TPSA) is 34.1 Å². The summed E-state index contributed by atoms with van der Waals surface area (Å²) < 4.78 is 13.2. The highest BCUT2D eigenvalue weighted by Gasteiger charge is 2.41. The minimum atomic E-state index is -0.381. The molecule has 0 aromatic heterocycles. The Labute approximate surface area is 195 Å². The molecular weight excluding hydrogens is 476 g/mol. The summed E-state index contributed by atoms with van der Waals surface area (Å²) in [7, 11) is 0. The Morgan fingerprint density at radius 3 is 2.58 bits per heavy atom. The quantitative estimate of drug-likeness (QED) is 0.384. The van der Waals surface area contributed by atoms with Crippen LogP contribution in [0.1, 0.15) is 49.2 Å². The van der Waals surface area contributed by atoms with Crippen molar-refractivity contribution in [2.45, 2.75) is 38.6 Å². The molecule has 2 aliphatic heterocycles. The number of hydrazone groups is 1. The summed E-state index contributed by atoms with van der Waals surface area (Å²) in [6.07, 6.45) is 0.554. The standard InChI is InChI=1S/C25H22BrClN2O2/c1-15(2)30-18-10-7-16(8-11-18)22-14-23-20-13-17(26)9-12-24(20)31-25(29(23)28-22)19-5-3-4-6-21(19)27/h3-13,15,23,25H,14H2,1-2H3/t23-,25+/m1/s1. The fourth-order valence-electron chi connectivity index (χ4n) is 4.11. The molecule has 3 aromatic carbocycles. The monoisotopic (exact) mass is 496 g/mol. The molecule has 158 valence electrons. The van der Waals surface area contributed by atoms with Crippen LogP contribution in [0.3, 0.4) is 0 Å². The van der Waals surface area contributed by atoms with Gasteiger partial charge >= 0.3 is 0 Å². The van der Waals surface area contributed by atoms with E-state index in [9.17, 15) is 0 Å². The smallest absolute Gasteiger partial charge is 0.215 e. The van der Waals surface area contributed by atoms with Crippen molar-refractivity contribution in [1.82, 2.24) is 5.01 Å². The largest absolute Gasteiger partial charge is 0.491 e. The third-order valence-electron chi connectivity index (χ3n) is 5.48. The molecule has 4 nitrogen and oxygen atoms in total. The fourth-order valence-corrected chi connectivity index (χ4v) is 4.72. The Morgan fingerprint density at radius 2 is 1.84 bits per heavy atom. The number of fused-ring (bicyclic) bond motifs is 3. The van der Waals surface area contributed by atoms with Crippen molar-refractivity contribution in [3.8, 4) is 11.5 Å². The van der Waals surface area contributed by atoms with Gasteiger partial charge in [-0.3, -0.25) is 0 Å². The highest BCUT2D eigenvalue weighted by molar-refractivity contribution is 9.10. The van der Waals surface area contributed by atoms with Crippen molar-refractivity contribution in [3.05, 3.63) is 92.9 Å². The molecule has 5 rings (SSSR count). The molecule has 0 radical (unpaired) electrons. The highest BCUT2D eigenvalue weighted by Crippen LogP contribution is 2.49. The Morgan fingerprint density at radius 1 is 1.06 bits per heavy atom. The molecular formula is C25H22BrClN2O2. The predicted octanol–water partition coefficient (Wildman–Crippen LogP) is 7.13. The zero-order valence-electron chi connectivity index (χ0n) is 17.3. The van der Waals surface area contributed by atoms with Crippen LogP contribution in [0.5, 0.6) is 11.5 Å². The van der Waals surface area contributed by atoms with Gasteiger partial charge < -0.3 is 9.47 Å². The first-order chi connectivity index (χ1) is 15.0. The van der Waals surface area contributed by atoms with Crippen molar-refractivity contribution in [2.75, 3.05) is 0 Å². The number of ether oxygens (including phenoxy) is 2. The van der Waals surface area contributed by atoms with E-state index in [-0.39, 0.29) is 18.4 Å². The summed E-state index contributed by atoms with van der Waals surface area (Å²) in [6.45, 7) is 4.05. The Bertz CT molecular complexity index is 1150. The molecule has 0 saturated heterocycles. The molecule has 0 fully saturated rings. The van der Waals surface area contributed by atoms with E-state index in [1.807, 2.05) is 67.4 Å². The van der Waals surface area contributed by atoms with Crippen LogP contribution in [-0.2, 0) is 0 Å². The lowest BCUT2D eigenvalue weighted by atomic mass is 9.96. The van der Waals surface area contributed by atoms with E-state index in [0.717, 1.165) is 44.8 Å². The lowest BCUT2D eigenvalue weighted by Crippen LogP contribution is -2.33. The van der Waals surface area contributed by atoms with Crippen LogP contribution in [0.15, 0.2) is 76.3 Å². The molecule has 31 heavy (non-hydrogen) atoms. The molecule has 2 aliphatic rings. The number of benzene rings is 3. The number of rotatable bonds is 4. The summed E-state index contributed by atoms with van der Waals surface area (Å²) in [5.74, 6) is 1.73. The van der Waals surface area contributed by atoms with E-state index >= 15 is 0 Å². The van der Waals surface area contributed by atoms with Crippen LogP contribution in [0.2, 0.25) is 5.02 Å². The summed E-state index contributed by atoms with van der Waals surface area (Å²) in [5, 5.41) is 7.73. The van der Waals surface area contributed by atoms with Crippen molar-refractivity contribution < 1.29 is 9.47 Å². The average Bonchev–Trinajstić information content (AvgIpc) is 3.20. The van der Waals surface area contributed by atoms with Gasteiger partial charge in [-0.15, -0.1) is 0 Å². The third kappa shape index (κ3) is 3.92. The second-order valence-electron chi connectivity index (χ2n) is 8.01. The lowest BCUT2D eigenvalue weighted by molar-refractivity contribution is -0.0190. The molecule has 0 unspecified atom stereocenters. The lowest BCUT2D eigenvalue weighted by Gasteiger charge is -2.38. The highest BCUT2D eigenvalue weighted by atomic mass is 79.9. The van der Waals surface area contributed by atoms with Crippen LogP contribution in [-0.4, -0.2) is 16.8 Å². The predicted molar refractivity (Wildman–Crippen MR) is 127 cm³/mol. The molecule has 0 saturated carbocycles. The van der Waals surface area contributed by atoms with E-state index in [1.54, 1.807) is 0 Å². The number of hydrogen-bond donors (Lipinski definition) is 0. The van der Waals surface area contributed by atoms with Crippen molar-refractivity contribution in [1.29, 1.82) is 0 Å². The molecule has 0 spiro atoms. The maximum absolute atomic E-state index is 6.54. The van der Waals surface area contributed by atoms with Crippen molar-refractivity contribution in [3.63, 3.8) is 0 Å². The first-order valence-corrected chi connectivity index (χ1v) is 11.5. The van der Waals surface area contributed by atoms with Crippen molar-refractivity contribution in [2.24, 2.45) is 5.10 Å². The molecule has 2 atom stereocenters. The van der Waals surface area contributed by atoms with Gasteiger partial charge in [0, 0.05) is 27.0 Å². The van der Waals surface area contributed by atoms with Gasteiger partial charge in [0.15, 0.2) is 0 Å². The van der Waals surface area contributed by atoms with Crippen molar-refractivity contribution >= 4 is 33.2 Å². The minimum absolute atomic E-state index is 0.0733. The maximum atomic E-state index is 6.54. The summed E-state index contributed by atoms with van der Waals surface area (Å²) in [4.78, 5) is 0. The maximum Gasteiger partial charge on any atom is 0.215 e. The van der Waals surface area contributed by atoms with Gasteiger partial charge in [0.1, 0.15) is 11.5 Å². The molecule has 0 N–H and O–H groups in total. The number of halogens is 2. The van der Waals surface area contributed by atoms with Gasteiger partial charge in [0.2, 0.25) is 6.23 Å². The zero-order chi connectivity index (χ0) is 21.5. The van der Waals surface area contributed by atoms with Gasteiger partial charge in [0.25, 0.3) is 0 Å². The average molecular weight is 498 g/mol. The first-order valence-electron chi connectivity index (χ1n) is 10.3. The Hall–Kier alpha value is -2.50.